The first-order chi connectivity index (χ1) is 10.1. The average molecular weight is 372 g/mol. The largest absolute Gasteiger partial charge is 0.396 e. The maximum Gasteiger partial charge on any atom is 0.0849 e. The van der Waals surface area contributed by atoms with Gasteiger partial charge in [0.2, 0.25) is 0 Å². The Labute approximate surface area is 139 Å². The zero-order valence-corrected chi connectivity index (χ0v) is 14.7. The second-order valence-electron chi connectivity index (χ2n) is 5.23. The van der Waals surface area contributed by atoms with E-state index in [0.29, 0.717) is 0 Å². The summed E-state index contributed by atoms with van der Waals surface area (Å²) in [7, 11) is 1.91. The van der Waals surface area contributed by atoms with Crippen LogP contribution in [-0.2, 0) is 26.3 Å². The highest BCUT2D eigenvalue weighted by Crippen LogP contribution is 2.26. The fourth-order valence-electron chi connectivity index (χ4n) is 2.49. The van der Waals surface area contributed by atoms with Crippen molar-refractivity contribution < 1.29 is 5.11 Å². The van der Waals surface area contributed by atoms with Crippen LogP contribution < -0.4 is 0 Å². The Kier molecular flexibility index (Phi) is 5.85. The Morgan fingerprint density at radius 1 is 1.33 bits per heavy atom. The van der Waals surface area contributed by atoms with Crippen LogP contribution in [0.2, 0.25) is 5.02 Å². The molecule has 5 heteroatoms. The first kappa shape index (κ1) is 16.5. The van der Waals surface area contributed by atoms with Gasteiger partial charge in [-0.05, 0) is 36.8 Å². The summed E-state index contributed by atoms with van der Waals surface area (Å²) >= 11 is 9.95. The smallest absolute Gasteiger partial charge is 0.0849 e. The summed E-state index contributed by atoms with van der Waals surface area (Å²) < 4.78 is 2.91. The van der Waals surface area contributed by atoms with Crippen LogP contribution in [0.4, 0.5) is 0 Å². The maximum absolute atomic E-state index is 9.70. The van der Waals surface area contributed by atoms with Crippen LogP contribution in [-0.4, -0.2) is 21.5 Å². The van der Waals surface area contributed by atoms with E-state index >= 15 is 0 Å². The zero-order chi connectivity index (χ0) is 15.4. The number of hydrogen-bond acceptors (Lipinski definition) is 2. The molecule has 0 bridgehead atoms. The van der Waals surface area contributed by atoms with Gasteiger partial charge in [0.25, 0.3) is 0 Å². The van der Waals surface area contributed by atoms with Gasteiger partial charge in [-0.3, -0.25) is 4.68 Å². The van der Waals surface area contributed by atoms with Gasteiger partial charge in [0.15, 0.2) is 0 Å². The Morgan fingerprint density at radius 3 is 2.62 bits per heavy atom. The van der Waals surface area contributed by atoms with Crippen molar-refractivity contribution in [3.8, 4) is 0 Å². The first-order valence-electron chi connectivity index (χ1n) is 7.11. The van der Waals surface area contributed by atoms with Crippen molar-refractivity contribution in [2.24, 2.45) is 13.0 Å². The summed E-state index contributed by atoms with van der Waals surface area (Å²) in [6.07, 6.45) is 2.35. The molecule has 0 radical (unpaired) electrons. The van der Waals surface area contributed by atoms with Gasteiger partial charge in [0.05, 0.1) is 16.4 Å². The zero-order valence-electron chi connectivity index (χ0n) is 12.3. The summed E-state index contributed by atoms with van der Waals surface area (Å²) in [5.41, 5.74) is 3.12. The van der Waals surface area contributed by atoms with Crippen LogP contribution in [0.25, 0.3) is 0 Å². The van der Waals surface area contributed by atoms with Gasteiger partial charge in [0, 0.05) is 18.1 Å². The monoisotopic (exact) mass is 370 g/mol. The molecule has 114 valence electrons. The van der Waals surface area contributed by atoms with Crippen molar-refractivity contribution in [2.45, 2.75) is 26.2 Å². The van der Waals surface area contributed by atoms with Crippen LogP contribution in [0.3, 0.4) is 0 Å². The van der Waals surface area contributed by atoms with Crippen LogP contribution in [0.1, 0.15) is 23.9 Å². The van der Waals surface area contributed by atoms with E-state index in [1.165, 1.54) is 5.56 Å². The highest BCUT2D eigenvalue weighted by molar-refractivity contribution is 9.10. The lowest BCUT2D eigenvalue weighted by Gasteiger charge is -2.15. The molecule has 1 N–H and O–H groups in total. The quantitative estimate of drug-likeness (QED) is 0.839. The number of halogens is 2. The van der Waals surface area contributed by atoms with Gasteiger partial charge in [-0.25, -0.2) is 0 Å². The molecule has 0 fully saturated rings. The van der Waals surface area contributed by atoms with E-state index < -0.39 is 0 Å². The Bertz CT molecular complexity index is 612. The van der Waals surface area contributed by atoms with Crippen molar-refractivity contribution in [3.63, 3.8) is 0 Å². The minimum absolute atomic E-state index is 0.126. The third-order valence-electron chi connectivity index (χ3n) is 3.71. The molecule has 0 aliphatic rings. The lowest BCUT2D eigenvalue weighted by molar-refractivity contribution is 0.223. The van der Waals surface area contributed by atoms with Gasteiger partial charge < -0.3 is 5.11 Å². The SMILES string of the molecule is CCc1nn(C)c(CC(CO)Cc2ccccc2Br)c1Cl. The number of benzene rings is 1. The summed E-state index contributed by atoms with van der Waals surface area (Å²) in [6, 6.07) is 8.11. The first-order valence-corrected chi connectivity index (χ1v) is 8.28. The molecule has 0 aliphatic heterocycles. The van der Waals surface area contributed by atoms with Gasteiger partial charge in [0.1, 0.15) is 0 Å². The molecule has 1 aromatic carbocycles. The standard InChI is InChI=1S/C16H20BrClN2O/c1-3-14-16(18)15(20(2)19-14)9-11(10-21)8-12-6-4-5-7-13(12)17/h4-7,11,21H,3,8-10H2,1-2H3. The number of hydrogen-bond donors (Lipinski definition) is 1. The second kappa shape index (κ2) is 7.43. The van der Waals surface area contributed by atoms with Crippen LogP contribution in [0.5, 0.6) is 0 Å². The molecule has 3 nitrogen and oxygen atoms in total. The van der Waals surface area contributed by atoms with E-state index in [1.54, 1.807) is 0 Å². The molecule has 1 unspecified atom stereocenters. The summed E-state index contributed by atoms with van der Waals surface area (Å²) in [5.74, 6) is 0.126. The van der Waals surface area contributed by atoms with Crippen molar-refractivity contribution in [2.75, 3.05) is 6.61 Å². The number of aryl methyl sites for hydroxylation is 2. The van der Waals surface area contributed by atoms with E-state index in [2.05, 4.69) is 27.1 Å². The molecule has 0 spiro atoms. The lowest BCUT2D eigenvalue weighted by Crippen LogP contribution is -2.15. The van der Waals surface area contributed by atoms with Crippen LogP contribution in [0, 0.1) is 5.92 Å². The minimum atomic E-state index is 0.126. The van der Waals surface area contributed by atoms with Gasteiger partial charge in [-0.15, -0.1) is 0 Å². The predicted octanol–water partition coefficient (Wildman–Crippen LogP) is 3.79. The number of aliphatic hydroxyl groups is 1. The van der Waals surface area contributed by atoms with Gasteiger partial charge in [-0.2, -0.15) is 5.10 Å². The van der Waals surface area contributed by atoms with E-state index in [0.717, 1.165) is 40.1 Å². The summed E-state index contributed by atoms with van der Waals surface area (Å²) in [5, 5.41) is 14.9. The normalized spacial score (nSPS) is 12.6. The molecular formula is C16H20BrClN2O. The number of aromatic nitrogens is 2. The third-order valence-corrected chi connectivity index (χ3v) is 4.92. The van der Waals surface area contributed by atoms with Crippen molar-refractivity contribution in [1.29, 1.82) is 0 Å². The highest BCUT2D eigenvalue weighted by Gasteiger charge is 2.18. The molecule has 1 atom stereocenters. The molecule has 2 aromatic rings. The van der Waals surface area contributed by atoms with Crippen LogP contribution in [0.15, 0.2) is 28.7 Å². The lowest BCUT2D eigenvalue weighted by atomic mass is 9.95. The molecule has 2 rings (SSSR count). The van der Waals surface area contributed by atoms with Gasteiger partial charge in [-0.1, -0.05) is 52.7 Å². The predicted molar refractivity (Wildman–Crippen MR) is 89.7 cm³/mol. The molecular weight excluding hydrogens is 352 g/mol. The highest BCUT2D eigenvalue weighted by atomic mass is 79.9. The molecule has 1 heterocycles. The van der Waals surface area contributed by atoms with E-state index in [9.17, 15) is 5.11 Å². The Balaban J connectivity index is 2.16. The number of rotatable bonds is 6. The molecule has 0 aliphatic carbocycles. The number of aliphatic hydroxyl groups excluding tert-OH is 1. The molecule has 21 heavy (non-hydrogen) atoms. The Morgan fingerprint density at radius 2 is 2.05 bits per heavy atom. The summed E-state index contributed by atoms with van der Waals surface area (Å²) in [4.78, 5) is 0. The third kappa shape index (κ3) is 3.87. The van der Waals surface area contributed by atoms with Crippen molar-refractivity contribution in [3.05, 3.63) is 50.7 Å². The topological polar surface area (TPSA) is 38.0 Å². The van der Waals surface area contributed by atoms with E-state index in [-0.39, 0.29) is 12.5 Å². The molecule has 0 amide bonds. The van der Waals surface area contributed by atoms with Gasteiger partial charge >= 0.3 is 0 Å². The van der Waals surface area contributed by atoms with Crippen LogP contribution >= 0.6 is 27.5 Å². The molecule has 0 saturated heterocycles. The second-order valence-corrected chi connectivity index (χ2v) is 6.47. The fraction of sp³-hybridized carbons (Fsp3) is 0.438. The number of nitrogens with zero attached hydrogens (tertiary/aromatic N) is 2. The van der Waals surface area contributed by atoms with E-state index in [1.807, 2.05) is 36.9 Å². The Hall–Kier alpha value is -0.840. The van der Waals surface area contributed by atoms with E-state index in [4.69, 9.17) is 11.6 Å². The van der Waals surface area contributed by atoms with Crippen molar-refractivity contribution >= 4 is 27.5 Å². The van der Waals surface area contributed by atoms with Crippen molar-refractivity contribution in [1.82, 2.24) is 9.78 Å². The molecule has 1 aromatic heterocycles. The minimum Gasteiger partial charge on any atom is -0.396 e. The average Bonchev–Trinajstić information content (AvgIpc) is 2.75. The maximum atomic E-state index is 9.70. The fourth-order valence-corrected chi connectivity index (χ4v) is 3.31. The molecule has 0 saturated carbocycles. The summed E-state index contributed by atoms with van der Waals surface area (Å²) in [6.45, 7) is 2.17.